The van der Waals surface area contributed by atoms with E-state index in [9.17, 15) is 9.59 Å². The standard InChI is InChI=1S/C19H24FNO2/c1-18-7-5-12-10(11(18)3-4-15(18)23)9-13(20)16-17(21)14(22)6-8-19(12,16)2/h6,8,10-13,16,21H,3-5,7,9H2,1-2H3/t10-,11-,12-,13?,16?,18-,19+/m0/s1. The third-order valence-corrected chi connectivity index (χ3v) is 7.64. The molecular formula is C19H24FNO2. The Hall–Kier alpha value is -1.32. The first-order valence-corrected chi connectivity index (χ1v) is 8.78. The molecule has 0 aromatic heterocycles. The van der Waals surface area contributed by atoms with E-state index in [2.05, 4.69) is 6.92 Å². The van der Waals surface area contributed by atoms with E-state index in [1.54, 1.807) is 0 Å². The van der Waals surface area contributed by atoms with Crippen LogP contribution in [-0.4, -0.2) is 23.4 Å². The molecule has 4 aliphatic carbocycles. The minimum atomic E-state index is -1.15. The second-order valence-corrected chi connectivity index (χ2v) is 8.50. The van der Waals surface area contributed by atoms with Gasteiger partial charge in [-0.15, -0.1) is 0 Å². The number of fused-ring (bicyclic) bond motifs is 5. The van der Waals surface area contributed by atoms with Gasteiger partial charge in [0.1, 0.15) is 12.0 Å². The number of alkyl halides is 1. The summed E-state index contributed by atoms with van der Waals surface area (Å²) in [7, 11) is 0. The molecule has 0 aromatic rings. The fourth-order valence-corrected chi connectivity index (χ4v) is 6.39. The molecule has 23 heavy (non-hydrogen) atoms. The maximum absolute atomic E-state index is 15.0. The fraction of sp³-hybridized carbons (Fsp3) is 0.737. The van der Waals surface area contributed by atoms with Crippen LogP contribution in [0, 0.1) is 39.9 Å². The van der Waals surface area contributed by atoms with Crippen molar-refractivity contribution < 1.29 is 14.0 Å². The zero-order valence-corrected chi connectivity index (χ0v) is 13.8. The van der Waals surface area contributed by atoms with Crippen molar-refractivity contribution in [3.63, 3.8) is 0 Å². The molecule has 0 aliphatic heterocycles. The first-order chi connectivity index (χ1) is 10.8. The highest BCUT2D eigenvalue weighted by Gasteiger charge is 2.62. The predicted octanol–water partition coefficient (Wildman–Crippen LogP) is 3.52. The Balaban J connectivity index is 1.77. The summed E-state index contributed by atoms with van der Waals surface area (Å²) in [5, 5.41) is 8.10. The molecule has 3 fully saturated rings. The molecule has 3 saturated carbocycles. The molecule has 2 unspecified atom stereocenters. The maximum Gasteiger partial charge on any atom is 0.199 e. The monoisotopic (exact) mass is 317 g/mol. The molecule has 0 aromatic carbocycles. The maximum atomic E-state index is 15.0. The van der Waals surface area contributed by atoms with Gasteiger partial charge in [0, 0.05) is 23.2 Å². The van der Waals surface area contributed by atoms with Crippen LogP contribution >= 0.6 is 0 Å². The highest BCUT2D eigenvalue weighted by molar-refractivity contribution is 6.44. The average molecular weight is 317 g/mol. The van der Waals surface area contributed by atoms with Crippen molar-refractivity contribution >= 4 is 17.3 Å². The van der Waals surface area contributed by atoms with E-state index in [0.29, 0.717) is 18.6 Å². The van der Waals surface area contributed by atoms with Gasteiger partial charge >= 0.3 is 0 Å². The Bertz CT molecular complexity index is 641. The number of Topliss-reactive ketones (excluding diaryl/α,β-unsaturated/α-hetero) is 1. The number of allylic oxidation sites excluding steroid dienone is 2. The molecule has 0 spiro atoms. The SMILES string of the molecule is C[C@]12C=CC(=O)C(=N)C1C(F)C[C@@H]1[C@@H]2CC[C@]2(C)C(=O)CC[C@@H]12. The van der Waals surface area contributed by atoms with Crippen molar-refractivity contribution in [2.24, 2.45) is 34.5 Å². The van der Waals surface area contributed by atoms with Gasteiger partial charge in [0.15, 0.2) is 5.78 Å². The highest BCUT2D eigenvalue weighted by Crippen LogP contribution is 2.64. The van der Waals surface area contributed by atoms with E-state index >= 15 is 4.39 Å². The van der Waals surface area contributed by atoms with Crippen molar-refractivity contribution in [3.05, 3.63) is 12.2 Å². The molecule has 0 amide bonds. The van der Waals surface area contributed by atoms with Crippen LogP contribution < -0.4 is 0 Å². The van der Waals surface area contributed by atoms with Crippen LogP contribution in [0.3, 0.4) is 0 Å². The normalized spacial score (nSPS) is 52.1. The van der Waals surface area contributed by atoms with Crippen LogP contribution in [0.2, 0.25) is 0 Å². The second-order valence-electron chi connectivity index (χ2n) is 8.50. The van der Waals surface area contributed by atoms with Gasteiger partial charge in [-0.3, -0.25) is 9.59 Å². The van der Waals surface area contributed by atoms with Crippen molar-refractivity contribution in [2.75, 3.05) is 0 Å². The van der Waals surface area contributed by atoms with Crippen LogP contribution in [0.15, 0.2) is 12.2 Å². The van der Waals surface area contributed by atoms with E-state index in [1.807, 2.05) is 13.0 Å². The molecule has 0 bridgehead atoms. The molecule has 124 valence electrons. The first kappa shape index (κ1) is 15.2. The van der Waals surface area contributed by atoms with Gasteiger partial charge in [0.2, 0.25) is 0 Å². The topological polar surface area (TPSA) is 58.0 Å². The van der Waals surface area contributed by atoms with E-state index in [1.165, 1.54) is 6.08 Å². The molecule has 1 N–H and O–H groups in total. The van der Waals surface area contributed by atoms with Crippen LogP contribution in [0.25, 0.3) is 0 Å². The highest BCUT2D eigenvalue weighted by atomic mass is 19.1. The zero-order valence-electron chi connectivity index (χ0n) is 13.8. The Labute approximate surface area is 136 Å². The Morgan fingerprint density at radius 1 is 1.22 bits per heavy atom. The summed E-state index contributed by atoms with van der Waals surface area (Å²) in [5.41, 5.74) is -0.789. The summed E-state index contributed by atoms with van der Waals surface area (Å²) in [6.45, 7) is 4.10. The fourth-order valence-electron chi connectivity index (χ4n) is 6.39. The third kappa shape index (κ3) is 1.78. The molecule has 0 radical (unpaired) electrons. The number of hydrogen-bond donors (Lipinski definition) is 1. The summed E-state index contributed by atoms with van der Waals surface area (Å²) in [4.78, 5) is 24.2. The Kier molecular flexibility index (Phi) is 3.05. The van der Waals surface area contributed by atoms with Gasteiger partial charge in [-0.1, -0.05) is 19.9 Å². The second kappa shape index (κ2) is 4.61. The molecule has 0 heterocycles. The molecule has 0 saturated heterocycles. The van der Waals surface area contributed by atoms with Crippen LogP contribution in [0.1, 0.15) is 46.0 Å². The lowest BCUT2D eigenvalue weighted by molar-refractivity contribution is -0.135. The lowest BCUT2D eigenvalue weighted by Gasteiger charge is -2.58. The van der Waals surface area contributed by atoms with Gasteiger partial charge < -0.3 is 5.41 Å². The van der Waals surface area contributed by atoms with Gasteiger partial charge in [-0.2, -0.15) is 0 Å². The summed E-state index contributed by atoms with van der Waals surface area (Å²) in [6.07, 6.45) is 5.88. The molecular weight excluding hydrogens is 293 g/mol. The minimum absolute atomic E-state index is 0.0585. The number of rotatable bonds is 0. The number of halogens is 1. The number of carbonyl (C=O) groups is 2. The van der Waals surface area contributed by atoms with Crippen molar-refractivity contribution in [3.8, 4) is 0 Å². The van der Waals surface area contributed by atoms with Crippen LogP contribution in [0.4, 0.5) is 4.39 Å². The van der Waals surface area contributed by atoms with E-state index < -0.39 is 17.5 Å². The Morgan fingerprint density at radius 2 is 1.96 bits per heavy atom. The summed E-state index contributed by atoms with van der Waals surface area (Å²) < 4.78 is 15.0. The third-order valence-electron chi connectivity index (χ3n) is 7.64. The first-order valence-electron chi connectivity index (χ1n) is 8.78. The van der Waals surface area contributed by atoms with E-state index in [0.717, 1.165) is 19.3 Å². The van der Waals surface area contributed by atoms with Crippen molar-refractivity contribution in [1.29, 1.82) is 5.41 Å². The summed E-state index contributed by atoms with van der Waals surface area (Å²) in [6, 6.07) is 0. The molecule has 4 heteroatoms. The van der Waals surface area contributed by atoms with Gasteiger partial charge in [0.25, 0.3) is 0 Å². The lowest BCUT2D eigenvalue weighted by Crippen LogP contribution is -2.58. The smallest absolute Gasteiger partial charge is 0.199 e. The summed E-state index contributed by atoms with van der Waals surface area (Å²) in [5.74, 6) is 0.138. The largest absolute Gasteiger partial charge is 0.301 e. The minimum Gasteiger partial charge on any atom is -0.301 e. The lowest BCUT2D eigenvalue weighted by atomic mass is 9.46. The van der Waals surface area contributed by atoms with Gasteiger partial charge in [-0.05, 0) is 49.5 Å². The number of nitrogens with one attached hydrogen (secondary N) is 1. The quantitative estimate of drug-likeness (QED) is 0.743. The molecule has 4 rings (SSSR count). The van der Waals surface area contributed by atoms with E-state index in [-0.39, 0.29) is 34.7 Å². The average Bonchev–Trinajstić information content (AvgIpc) is 2.79. The Morgan fingerprint density at radius 3 is 2.70 bits per heavy atom. The van der Waals surface area contributed by atoms with Gasteiger partial charge in [0.05, 0.1) is 5.71 Å². The predicted molar refractivity (Wildman–Crippen MR) is 85.0 cm³/mol. The van der Waals surface area contributed by atoms with Crippen LogP contribution in [0.5, 0.6) is 0 Å². The molecule has 3 nitrogen and oxygen atoms in total. The number of ketones is 2. The van der Waals surface area contributed by atoms with Gasteiger partial charge in [-0.25, -0.2) is 4.39 Å². The number of carbonyl (C=O) groups excluding carboxylic acids is 2. The van der Waals surface area contributed by atoms with Crippen molar-refractivity contribution in [2.45, 2.75) is 52.1 Å². The van der Waals surface area contributed by atoms with E-state index in [4.69, 9.17) is 5.41 Å². The van der Waals surface area contributed by atoms with Crippen LogP contribution in [-0.2, 0) is 9.59 Å². The summed E-state index contributed by atoms with van der Waals surface area (Å²) >= 11 is 0. The number of hydrogen-bond acceptors (Lipinski definition) is 3. The molecule has 7 atom stereocenters. The zero-order chi connectivity index (χ0) is 16.6. The van der Waals surface area contributed by atoms with Crippen molar-refractivity contribution in [1.82, 2.24) is 0 Å². The molecule has 4 aliphatic rings.